The molecule has 0 amide bonds. The van der Waals surface area contributed by atoms with Crippen LogP contribution in [0.1, 0.15) is 17.7 Å². The fraction of sp³-hybridized carbons (Fsp3) is 0.125. The second-order valence-electron chi connectivity index (χ2n) is 6.73. The summed E-state index contributed by atoms with van der Waals surface area (Å²) in [6.07, 6.45) is 3.25. The Bertz CT molecular complexity index is 1070. The van der Waals surface area contributed by atoms with Gasteiger partial charge in [0.15, 0.2) is 0 Å². The lowest BCUT2D eigenvalue weighted by atomic mass is 10.1. The van der Waals surface area contributed by atoms with Gasteiger partial charge < -0.3 is 4.74 Å². The molecule has 0 atom stereocenters. The smallest absolute Gasteiger partial charge is 0.141 e. The van der Waals surface area contributed by atoms with E-state index in [0.29, 0.717) is 0 Å². The molecule has 0 unspecified atom stereocenters. The average molecular weight is 337 g/mol. The van der Waals surface area contributed by atoms with E-state index in [1.54, 1.807) is 0 Å². The van der Waals surface area contributed by atoms with Crippen LogP contribution in [0.2, 0.25) is 0 Å². The first kappa shape index (κ1) is 15.2. The number of aryl methyl sites for hydroxylation is 1. The third-order valence-corrected chi connectivity index (χ3v) is 5.05. The van der Waals surface area contributed by atoms with Crippen LogP contribution >= 0.6 is 0 Å². The van der Waals surface area contributed by atoms with Crippen molar-refractivity contribution in [2.24, 2.45) is 0 Å². The molecule has 0 N–H and O–H groups in total. The van der Waals surface area contributed by atoms with E-state index in [9.17, 15) is 0 Å². The summed E-state index contributed by atoms with van der Waals surface area (Å²) < 4.78 is 6.39. The van der Waals surface area contributed by atoms with Gasteiger partial charge in [-0.2, -0.15) is 0 Å². The van der Waals surface area contributed by atoms with Crippen LogP contribution in [-0.2, 0) is 12.8 Å². The quantitative estimate of drug-likeness (QED) is 0.445. The number of hydrogen-bond donors (Lipinski definition) is 0. The lowest BCUT2D eigenvalue weighted by Gasteiger charge is -2.14. The fourth-order valence-corrected chi connectivity index (χ4v) is 3.75. The van der Waals surface area contributed by atoms with Crippen LogP contribution < -0.4 is 4.74 Å². The number of nitrogens with zero attached hydrogens (tertiary/aromatic N) is 1. The van der Waals surface area contributed by atoms with Gasteiger partial charge in [0.1, 0.15) is 11.5 Å². The minimum atomic E-state index is 0.870. The number of benzene rings is 3. The van der Waals surface area contributed by atoms with Gasteiger partial charge in [0.2, 0.25) is 0 Å². The maximum absolute atomic E-state index is 6.39. The first-order chi connectivity index (χ1) is 12.9. The van der Waals surface area contributed by atoms with Crippen molar-refractivity contribution >= 4 is 10.9 Å². The van der Waals surface area contributed by atoms with Crippen molar-refractivity contribution in [3.8, 4) is 22.6 Å². The van der Waals surface area contributed by atoms with Crippen molar-refractivity contribution in [2.45, 2.75) is 19.3 Å². The molecule has 4 aromatic rings. The third kappa shape index (κ3) is 2.64. The highest BCUT2D eigenvalue weighted by Gasteiger charge is 2.21. The van der Waals surface area contributed by atoms with Gasteiger partial charge >= 0.3 is 0 Å². The molecule has 1 heterocycles. The molecule has 3 aromatic carbocycles. The Morgan fingerprint density at radius 1 is 0.692 bits per heavy atom. The average Bonchev–Trinajstić information content (AvgIpc) is 3.17. The van der Waals surface area contributed by atoms with Crippen LogP contribution in [0.15, 0.2) is 78.9 Å². The van der Waals surface area contributed by atoms with Gasteiger partial charge in [0.05, 0.1) is 5.52 Å². The van der Waals surface area contributed by atoms with Gasteiger partial charge in [-0.05, 0) is 54.7 Å². The molecular formula is C24H19NO. The Morgan fingerprint density at radius 3 is 2.27 bits per heavy atom. The molecule has 1 aliphatic rings. The molecule has 126 valence electrons. The molecule has 0 saturated carbocycles. The van der Waals surface area contributed by atoms with Crippen molar-refractivity contribution in [3.63, 3.8) is 0 Å². The molecule has 0 spiro atoms. The molecule has 26 heavy (non-hydrogen) atoms. The lowest BCUT2D eigenvalue weighted by Crippen LogP contribution is -1.96. The Labute approximate surface area is 153 Å². The van der Waals surface area contributed by atoms with E-state index in [0.717, 1.165) is 41.7 Å². The van der Waals surface area contributed by atoms with Crippen molar-refractivity contribution in [3.05, 3.63) is 90.1 Å². The highest BCUT2D eigenvalue weighted by Crippen LogP contribution is 2.38. The number of fused-ring (bicyclic) bond motifs is 2. The molecule has 1 aromatic heterocycles. The Morgan fingerprint density at radius 2 is 1.42 bits per heavy atom. The predicted octanol–water partition coefficient (Wildman–Crippen LogP) is 6.18. The molecule has 0 radical (unpaired) electrons. The summed E-state index contributed by atoms with van der Waals surface area (Å²) in [4.78, 5) is 4.83. The summed E-state index contributed by atoms with van der Waals surface area (Å²) in [6, 6.07) is 27.0. The van der Waals surface area contributed by atoms with E-state index in [-0.39, 0.29) is 0 Å². The SMILES string of the molecule is c1ccc(-c2ccc(Oc3c4c(nc5ccccc35)CCC4)cc2)cc1. The summed E-state index contributed by atoms with van der Waals surface area (Å²) in [7, 11) is 0. The van der Waals surface area contributed by atoms with Crippen LogP contribution in [0.3, 0.4) is 0 Å². The number of aromatic nitrogens is 1. The molecule has 0 saturated heterocycles. The topological polar surface area (TPSA) is 22.1 Å². The van der Waals surface area contributed by atoms with Gasteiger partial charge in [0, 0.05) is 16.6 Å². The minimum Gasteiger partial charge on any atom is -0.456 e. The summed E-state index contributed by atoms with van der Waals surface area (Å²) in [5.74, 6) is 1.85. The number of hydrogen-bond acceptors (Lipinski definition) is 2. The number of rotatable bonds is 3. The summed E-state index contributed by atoms with van der Waals surface area (Å²) >= 11 is 0. The van der Waals surface area contributed by atoms with Gasteiger partial charge in [-0.15, -0.1) is 0 Å². The molecule has 2 heteroatoms. The van der Waals surface area contributed by atoms with E-state index in [2.05, 4.69) is 66.7 Å². The summed E-state index contributed by atoms with van der Waals surface area (Å²) in [6.45, 7) is 0. The molecular weight excluding hydrogens is 318 g/mol. The summed E-state index contributed by atoms with van der Waals surface area (Å²) in [5, 5.41) is 1.10. The van der Waals surface area contributed by atoms with Gasteiger partial charge in [-0.3, -0.25) is 4.98 Å². The fourth-order valence-electron chi connectivity index (χ4n) is 3.75. The zero-order chi connectivity index (χ0) is 17.3. The molecule has 5 rings (SSSR count). The van der Waals surface area contributed by atoms with E-state index in [1.807, 2.05) is 12.1 Å². The number of para-hydroxylation sites is 1. The van der Waals surface area contributed by atoms with Crippen molar-refractivity contribution < 1.29 is 4.74 Å². The molecule has 0 bridgehead atoms. The summed E-state index contributed by atoms with van der Waals surface area (Å²) in [5.41, 5.74) is 5.90. The Hall–Kier alpha value is -3.13. The minimum absolute atomic E-state index is 0.870. The van der Waals surface area contributed by atoms with Crippen LogP contribution in [0.4, 0.5) is 0 Å². The molecule has 0 fully saturated rings. The largest absolute Gasteiger partial charge is 0.456 e. The van der Waals surface area contributed by atoms with E-state index < -0.39 is 0 Å². The monoisotopic (exact) mass is 337 g/mol. The van der Waals surface area contributed by atoms with Crippen LogP contribution in [0.25, 0.3) is 22.0 Å². The number of pyridine rings is 1. The normalized spacial score (nSPS) is 12.9. The Balaban J connectivity index is 1.54. The lowest BCUT2D eigenvalue weighted by molar-refractivity contribution is 0.482. The van der Waals surface area contributed by atoms with Crippen LogP contribution in [0, 0.1) is 0 Å². The molecule has 0 aliphatic heterocycles. The third-order valence-electron chi connectivity index (χ3n) is 5.05. The van der Waals surface area contributed by atoms with Crippen molar-refractivity contribution in [1.82, 2.24) is 4.98 Å². The highest BCUT2D eigenvalue weighted by molar-refractivity contribution is 5.87. The highest BCUT2D eigenvalue weighted by atomic mass is 16.5. The van der Waals surface area contributed by atoms with Gasteiger partial charge in [-0.25, -0.2) is 0 Å². The predicted molar refractivity (Wildman–Crippen MR) is 106 cm³/mol. The first-order valence-corrected chi connectivity index (χ1v) is 9.12. The van der Waals surface area contributed by atoms with Crippen LogP contribution in [-0.4, -0.2) is 4.98 Å². The number of ether oxygens (including phenoxy) is 1. The van der Waals surface area contributed by atoms with Crippen molar-refractivity contribution in [1.29, 1.82) is 0 Å². The molecule has 1 aliphatic carbocycles. The van der Waals surface area contributed by atoms with E-state index in [1.165, 1.54) is 22.4 Å². The van der Waals surface area contributed by atoms with E-state index in [4.69, 9.17) is 9.72 Å². The first-order valence-electron chi connectivity index (χ1n) is 9.12. The maximum Gasteiger partial charge on any atom is 0.141 e. The van der Waals surface area contributed by atoms with Gasteiger partial charge in [0.25, 0.3) is 0 Å². The Kier molecular flexibility index (Phi) is 3.67. The van der Waals surface area contributed by atoms with Crippen molar-refractivity contribution in [2.75, 3.05) is 0 Å². The van der Waals surface area contributed by atoms with Gasteiger partial charge in [-0.1, -0.05) is 54.6 Å². The van der Waals surface area contributed by atoms with E-state index >= 15 is 0 Å². The zero-order valence-electron chi connectivity index (χ0n) is 14.5. The maximum atomic E-state index is 6.39. The second kappa shape index (κ2) is 6.30. The molecule has 2 nitrogen and oxygen atoms in total. The second-order valence-corrected chi connectivity index (χ2v) is 6.73. The standard InChI is InChI=1S/C24H19NO/c1-2-7-17(8-3-1)18-13-15-19(16-14-18)26-24-20-9-4-5-11-22(20)25-23-12-6-10-21(23)24/h1-5,7-9,11,13-16H,6,10,12H2. The van der Waals surface area contributed by atoms with Crippen LogP contribution in [0.5, 0.6) is 11.5 Å². The zero-order valence-corrected chi connectivity index (χ0v) is 14.5.